The summed E-state index contributed by atoms with van der Waals surface area (Å²) in [7, 11) is 1.55. The first kappa shape index (κ1) is 21.8. The standard InChI is InChI=1S/C27H22N6O2/c1-3-18-19(11-7-13-23(18)35-2)27(34)32-33-25(20-12-8-16-29-24(20)28)31-22-15-14-21(30-26(22)33)17-9-5-4-6-10-17/h3-16H,1H2,2H3,(H2,28,29)(H,32,34). The average molecular weight is 463 g/mol. The highest BCUT2D eigenvalue weighted by Crippen LogP contribution is 2.29. The highest BCUT2D eigenvalue weighted by atomic mass is 16.5. The Bertz CT molecular complexity index is 1560. The van der Waals surface area contributed by atoms with E-state index in [0.29, 0.717) is 39.4 Å². The molecule has 0 unspecified atom stereocenters. The van der Waals surface area contributed by atoms with Gasteiger partial charge in [-0.1, -0.05) is 49.1 Å². The number of hydrogen-bond donors (Lipinski definition) is 2. The molecule has 0 aliphatic heterocycles. The number of amides is 1. The van der Waals surface area contributed by atoms with Crippen LogP contribution >= 0.6 is 0 Å². The van der Waals surface area contributed by atoms with Crippen molar-refractivity contribution in [2.75, 3.05) is 18.3 Å². The van der Waals surface area contributed by atoms with E-state index in [4.69, 9.17) is 20.4 Å². The lowest BCUT2D eigenvalue weighted by molar-refractivity contribution is 0.101. The number of nitrogens with two attached hydrogens (primary N) is 1. The summed E-state index contributed by atoms with van der Waals surface area (Å²) in [6.45, 7) is 3.84. The summed E-state index contributed by atoms with van der Waals surface area (Å²) in [5, 5.41) is 0. The van der Waals surface area contributed by atoms with Gasteiger partial charge in [0.2, 0.25) is 0 Å². The summed E-state index contributed by atoms with van der Waals surface area (Å²) in [4.78, 5) is 27.2. The van der Waals surface area contributed by atoms with Crippen molar-refractivity contribution in [3.05, 3.63) is 96.7 Å². The van der Waals surface area contributed by atoms with Gasteiger partial charge in [0, 0.05) is 17.3 Å². The zero-order chi connectivity index (χ0) is 24.4. The third kappa shape index (κ3) is 3.97. The van der Waals surface area contributed by atoms with Gasteiger partial charge < -0.3 is 10.5 Å². The topological polar surface area (TPSA) is 108 Å². The van der Waals surface area contributed by atoms with E-state index < -0.39 is 0 Å². The highest BCUT2D eigenvalue weighted by molar-refractivity contribution is 6.04. The summed E-state index contributed by atoms with van der Waals surface area (Å²) in [6, 6.07) is 22.3. The minimum atomic E-state index is -0.381. The molecule has 8 nitrogen and oxygen atoms in total. The molecule has 2 aromatic carbocycles. The van der Waals surface area contributed by atoms with Gasteiger partial charge in [-0.3, -0.25) is 10.2 Å². The molecule has 0 bridgehead atoms. The van der Waals surface area contributed by atoms with E-state index in [1.54, 1.807) is 54.4 Å². The highest BCUT2D eigenvalue weighted by Gasteiger charge is 2.21. The number of benzene rings is 2. The maximum Gasteiger partial charge on any atom is 0.270 e. The van der Waals surface area contributed by atoms with E-state index in [1.807, 2.05) is 42.5 Å². The molecule has 5 aromatic rings. The molecule has 1 amide bonds. The Morgan fingerprint density at radius 3 is 2.60 bits per heavy atom. The number of carbonyl (C=O) groups is 1. The van der Waals surface area contributed by atoms with Crippen molar-refractivity contribution in [3.8, 4) is 28.4 Å². The van der Waals surface area contributed by atoms with Crippen LogP contribution in [0.4, 0.5) is 5.82 Å². The fraction of sp³-hybridized carbons (Fsp3) is 0.0370. The molecular formula is C27H22N6O2. The Morgan fingerprint density at radius 1 is 1.03 bits per heavy atom. The van der Waals surface area contributed by atoms with Gasteiger partial charge in [-0.05, 0) is 36.4 Å². The lowest BCUT2D eigenvalue weighted by Gasteiger charge is -2.14. The molecule has 0 atom stereocenters. The van der Waals surface area contributed by atoms with Gasteiger partial charge in [0.05, 0.1) is 23.9 Å². The van der Waals surface area contributed by atoms with Crippen LogP contribution in [0.1, 0.15) is 15.9 Å². The normalized spacial score (nSPS) is 10.8. The Morgan fingerprint density at radius 2 is 1.86 bits per heavy atom. The number of nitrogens with zero attached hydrogens (tertiary/aromatic N) is 4. The molecular weight excluding hydrogens is 440 g/mol. The Hall–Kier alpha value is -4.98. The molecule has 8 heteroatoms. The van der Waals surface area contributed by atoms with Crippen molar-refractivity contribution in [2.45, 2.75) is 0 Å². The molecule has 3 heterocycles. The molecule has 0 spiro atoms. The number of ether oxygens (including phenoxy) is 1. The minimum Gasteiger partial charge on any atom is -0.496 e. The van der Waals surface area contributed by atoms with Crippen molar-refractivity contribution in [1.29, 1.82) is 0 Å². The van der Waals surface area contributed by atoms with E-state index in [9.17, 15) is 4.79 Å². The second-order valence-electron chi connectivity index (χ2n) is 7.68. The number of hydrogen-bond acceptors (Lipinski definition) is 6. The fourth-order valence-corrected chi connectivity index (χ4v) is 3.91. The Labute approximate surface area is 201 Å². The van der Waals surface area contributed by atoms with Gasteiger partial charge in [0.15, 0.2) is 11.5 Å². The maximum absolute atomic E-state index is 13.5. The van der Waals surface area contributed by atoms with Crippen molar-refractivity contribution in [1.82, 2.24) is 19.6 Å². The van der Waals surface area contributed by atoms with Gasteiger partial charge in [-0.25, -0.2) is 19.6 Å². The summed E-state index contributed by atoms with van der Waals surface area (Å²) >= 11 is 0. The number of nitrogens with one attached hydrogen (secondary N) is 1. The Balaban J connectivity index is 1.69. The van der Waals surface area contributed by atoms with Crippen LogP contribution in [0.2, 0.25) is 0 Å². The SMILES string of the molecule is C=Cc1c(OC)cccc1C(=O)Nn1c(-c2cccnc2N)nc2ccc(-c3ccccc3)nc21. The number of fused-ring (bicyclic) bond motifs is 1. The van der Waals surface area contributed by atoms with Crippen molar-refractivity contribution in [3.63, 3.8) is 0 Å². The van der Waals surface area contributed by atoms with Crippen LogP contribution in [0.3, 0.4) is 0 Å². The molecule has 0 aliphatic carbocycles. The number of nitrogen functional groups attached to an aromatic ring is 1. The van der Waals surface area contributed by atoms with E-state index in [1.165, 1.54) is 0 Å². The summed E-state index contributed by atoms with van der Waals surface area (Å²) < 4.78 is 6.94. The fourth-order valence-electron chi connectivity index (χ4n) is 3.91. The lowest BCUT2D eigenvalue weighted by Crippen LogP contribution is -2.25. The second-order valence-corrected chi connectivity index (χ2v) is 7.68. The second kappa shape index (κ2) is 9.11. The summed E-state index contributed by atoms with van der Waals surface area (Å²) in [5.41, 5.74) is 13.4. The largest absolute Gasteiger partial charge is 0.496 e. The van der Waals surface area contributed by atoms with Crippen molar-refractivity contribution < 1.29 is 9.53 Å². The van der Waals surface area contributed by atoms with Crippen molar-refractivity contribution in [2.24, 2.45) is 0 Å². The van der Waals surface area contributed by atoms with E-state index >= 15 is 0 Å². The van der Waals surface area contributed by atoms with E-state index in [2.05, 4.69) is 17.0 Å². The van der Waals surface area contributed by atoms with Gasteiger partial charge >= 0.3 is 0 Å². The van der Waals surface area contributed by atoms with Crippen LogP contribution in [-0.2, 0) is 0 Å². The van der Waals surface area contributed by atoms with Crippen LogP contribution in [0, 0.1) is 0 Å². The van der Waals surface area contributed by atoms with Crippen LogP contribution in [0.25, 0.3) is 39.9 Å². The number of imidazole rings is 1. The number of anilines is 1. The number of aromatic nitrogens is 4. The first-order chi connectivity index (χ1) is 17.1. The number of rotatable bonds is 6. The van der Waals surface area contributed by atoms with Gasteiger partial charge in [-0.2, -0.15) is 0 Å². The van der Waals surface area contributed by atoms with Crippen molar-refractivity contribution >= 4 is 29.0 Å². The first-order valence-corrected chi connectivity index (χ1v) is 10.9. The molecule has 35 heavy (non-hydrogen) atoms. The monoisotopic (exact) mass is 462 g/mol. The van der Waals surface area contributed by atoms with E-state index in [0.717, 1.165) is 11.3 Å². The molecule has 0 saturated heterocycles. The van der Waals surface area contributed by atoms with Crippen LogP contribution in [0.15, 0.2) is 85.6 Å². The molecule has 0 saturated carbocycles. The predicted molar refractivity (Wildman–Crippen MR) is 137 cm³/mol. The van der Waals surface area contributed by atoms with Gasteiger partial charge in [0.1, 0.15) is 17.1 Å². The molecule has 172 valence electrons. The van der Waals surface area contributed by atoms with Crippen LogP contribution < -0.4 is 15.9 Å². The van der Waals surface area contributed by atoms with Gasteiger partial charge in [-0.15, -0.1) is 0 Å². The minimum absolute atomic E-state index is 0.287. The molecule has 0 aliphatic rings. The third-order valence-electron chi connectivity index (χ3n) is 5.60. The lowest BCUT2D eigenvalue weighted by atomic mass is 10.1. The zero-order valence-electron chi connectivity index (χ0n) is 19.0. The number of methoxy groups -OCH3 is 1. The molecule has 0 radical (unpaired) electrons. The van der Waals surface area contributed by atoms with Crippen LogP contribution in [-0.4, -0.2) is 32.6 Å². The van der Waals surface area contributed by atoms with Gasteiger partial charge in [0.25, 0.3) is 5.91 Å². The molecule has 0 fully saturated rings. The maximum atomic E-state index is 13.5. The third-order valence-corrected chi connectivity index (χ3v) is 5.60. The zero-order valence-corrected chi connectivity index (χ0v) is 19.0. The Kier molecular flexibility index (Phi) is 5.68. The molecule has 5 rings (SSSR count). The van der Waals surface area contributed by atoms with E-state index in [-0.39, 0.29) is 11.7 Å². The predicted octanol–water partition coefficient (Wildman–Crippen LogP) is 4.78. The quantitative estimate of drug-likeness (QED) is 0.376. The summed E-state index contributed by atoms with van der Waals surface area (Å²) in [5.74, 6) is 0.868. The molecule has 3 N–H and O–H groups in total. The average Bonchev–Trinajstić information content (AvgIpc) is 3.25. The van der Waals surface area contributed by atoms with Crippen LogP contribution in [0.5, 0.6) is 5.75 Å². The number of pyridine rings is 2. The number of carbonyl (C=O) groups excluding carboxylic acids is 1. The smallest absolute Gasteiger partial charge is 0.270 e. The first-order valence-electron chi connectivity index (χ1n) is 10.9. The molecule has 3 aromatic heterocycles. The summed E-state index contributed by atoms with van der Waals surface area (Å²) in [6.07, 6.45) is 3.19.